The van der Waals surface area contributed by atoms with Gasteiger partial charge >= 0.3 is 0 Å². The van der Waals surface area contributed by atoms with Crippen LogP contribution in [0.2, 0.25) is 0 Å². The van der Waals surface area contributed by atoms with E-state index >= 15 is 0 Å². The average molecular weight is 261 g/mol. The standard InChI is InChI=1S/C10H19N3O3S/c14-3-1-4-17-5-2-11-10(16)8-6-13-9(15)7-12-8/h8,12,14H,1-7H2,(H,11,16)(H,13,15). The van der Waals surface area contributed by atoms with Gasteiger partial charge < -0.3 is 15.7 Å². The smallest absolute Gasteiger partial charge is 0.239 e. The van der Waals surface area contributed by atoms with Crippen molar-refractivity contribution in [1.29, 1.82) is 0 Å². The van der Waals surface area contributed by atoms with Crippen molar-refractivity contribution in [3.8, 4) is 0 Å². The van der Waals surface area contributed by atoms with E-state index in [2.05, 4.69) is 16.0 Å². The molecule has 0 saturated carbocycles. The van der Waals surface area contributed by atoms with Crippen LogP contribution in [0.1, 0.15) is 6.42 Å². The number of amides is 2. The van der Waals surface area contributed by atoms with Gasteiger partial charge in [-0.25, -0.2) is 0 Å². The number of aliphatic hydroxyl groups is 1. The van der Waals surface area contributed by atoms with Crippen LogP contribution < -0.4 is 16.0 Å². The first kappa shape index (κ1) is 14.3. The number of aliphatic hydroxyl groups excluding tert-OH is 1. The third-order valence-electron chi connectivity index (χ3n) is 2.32. The fraction of sp³-hybridized carbons (Fsp3) is 0.800. The summed E-state index contributed by atoms with van der Waals surface area (Å²) in [7, 11) is 0. The van der Waals surface area contributed by atoms with Crippen LogP contribution in [-0.4, -0.2) is 60.7 Å². The molecule has 0 radical (unpaired) electrons. The molecule has 1 aliphatic rings. The second kappa shape index (κ2) is 8.32. The molecular formula is C10H19N3O3S. The summed E-state index contributed by atoms with van der Waals surface area (Å²) in [6.45, 7) is 1.37. The third kappa shape index (κ3) is 5.90. The molecule has 6 nitrogen and oxygen atoms in total. The summed E-state index contributed by atoms with van der Waals surface area (Å²) in [4.78, 5) is 22.5. The molecule has 98 valence electrons. The van der Waals surface area contributed by atoms with E-state index in [9.17, 15) is 9.59 Å². The second-order valence-corrected chi connectivity index (χ2v) is 4.94. The lowest BCUT2D eigenvalue weighted by Gasteiger charge is -2.23. The van der Waals surface area contributed by atoms with Crippen molar-refractivity contribution < 1.29 is 14.7 Å². The topological polar surface area (TPSA) is 90.5 Å². The second-order valence-electron chi connectivity index (χ2n) is 3.72. The lowest BCUT2D eigenvalue weighted by molar-refractivity contribution is -0.126. The molecule has 1 aliphatic heterocycles. The Balaban J connectivity index is 2.03. The Kier molecular flexibility index (Phi) is 6.99. The highest BCUT2D eigenvalue weighted by molar-refractivity contribution is 7.99. The van der Waals surface area contributed by atoms with Crippen molar-refractivity contribution in [2.75, 3.05) is 37.7 Å². The zero-order valence-corrected chi connectivity index (χ0v) is 10.5. The quantitative estimate of drug-likeness (QED) is 0.410. The molecule has 1 unspecified atom stereocenters. The van der Waals surface area contributed by atoms with Crippen LogP contribution in [0.5, 0.6) is 0 Å². The van der Waals surface area contributed by atoms with Gasteiger partial charge in [0, 0.05) is 25.4 Å². The summed E-state index contributed by atoms with van der Waals surface area (Å²) in [6.07, 6.45) is 0.787. The normalized spacial score (nSPS) is 19.8. The number of nitrogens with one attached hydrogen (secondary N) is 3. The Hall–Kier alpha value is -0.790. The molecule has 0 bridgehead atoms. The number of rotatable bonds is 7. The zero-order valence-electron chi connectivity index (χ0n) is 9.70. The Morgan fingerprint density at radius 2 is 2.35 bits per heavy atom. The van der Waals surface area contributed by atoms with Gasteiger partial charge in [-0.2, -0.15) is 11.8 Å². The molecule has 2 amide bonds. The number of hydrogen-bond donors (Lipinski definition) is 4. The van der Waals surface area contributed by atoms with Crippen LogP contribution in [0.15, 0.2) is 0 Å². The largest absolute Gasteiger partial charge is 0.396 e. The third-order valence-corrected chi connectivity index (χ3v) is 3.39. The molecule has 1 rings (SSSR count). The first-order chi connectivity index (χ1) is 8.24. The lowest BCUT2D eigenvalue weighted by Crippen LogP contribution is -2.58. The molecule has 0 aromatic carbocycles. The van der Waals surface area contributed by atoms with Gasteiger partial charge in [-0.1, -0.05) is 0 Å². The highest BCUT2D eigenvalue weighted by atomic mass is 32.2. The van der Waals surface area contributed by atoms with E-state index in [1.54, 1.807) is 11.8 Å². The van der Waals surface area contributed by atoms with E-state index < -0.39 is 0 Å². The van der Waals surface area contributed by atoms with Gasteiger partial charge in [-0.05, 0) is 12.2 Å². The first-order valence-corrected chi connectivity index (χ1v) is 6.86. The molecule has 7 heteroatoms. The molecule has 4 N–H and O–H groups in total. The summed E-state index contributed by atoms with van der Waals surface area (Å²) in [5.41, 5.74) is 0. The van der Waals surface area contributed by atoms with Gasteiger partial charge in [0.05, 0.1) is 6.54 Å². The minimum Gasteiger partial charge on any atom is -0.396 e. The molecule has 1 saturated heterocycles. The minimum absolute atomic E-state index is 0.0754. The predicted octanol–water partition coefficient (Wildman–Crippen LogP) is -1.69. The van der Waals surface area contributed by atoms with Crippen molar-refractivity contribution >= 4 is 23.6 Å². The molecule has 0 aromatic rings. The van der Waals surface area contributed by atoms with Gasteiger partial charge in [0.1, 0.15) is 6.04 Å². The summed E-state index contributed by atoms with van der Waals surface area (Å²) in [5.74, 6) is 1.59. The molecule has 0 aromatic heterocycles. The van der Waals surface area contributed by atoms with Crippen molar-refractivity contribution in [1.82, 2.24) is 16.0 Å². The Bertz CT molecular complexity index is 253. The minimum atomic E-state index is -0.324. The van der Waals surface area contributed by atoms with Gasteiger partial charge in [-0.15, -0.1) is 0 Å². The van der Waals surface area contributed by atoms with Crippen LogP contribution in [0.3, 0.4) is 0 Å². The summed E-state index contributed by atoms with van der Waals surface area (Å²) in [5, 5.41) is 16.9. The summed E-state index contributed by atoms with van der Waals surface area (Å²) in [6, 6.07) is -0.324. The molecular weight excluding hydrogens is 242 g/mol. The maximum atomic E-state index is 11.6. The maximum Gasteiger partial charge on any atom is 0.239 e. The van der Waals surface area contributed by atoms with Crippen molar-refractivity contribution in [3.05, 3.63) is 0 Å². The van der Waals surface area contributed by atoms with E-state index in [0.717, 1.165) is 17.9 Å². The Morgan fingerprint density at radius 3 is 3.00 bits per heavy atom. The van der Waals surface area contributed by atoms with Crippen molar-refractivity contribution in [2.45, 2.75) is 12.5 Å². The predicted molar refractivity (Wildman–Crippen MR) is 66.8 cm³/mol. The number of carbonyl (C=O) groups is 2. The number of piperazine rings is 1. The highest BCUT2D eigenvalue weighted by Gasteiger charge is 2.22. The molecule has 1 atom stereocenters. The number of hydrogen-bond acceptors (Lipinski definition) is 5. The van der Waals surface area contributed by atoms with Crippen LogP contribution >= 0.6 is 11.8 Å². The van der Waals surface area contributed by atoms with Gasteiger partial charge in [0.25, 0.3) is 0 Å². The lowest BCUT2D eigenvalue weighted by atomic mass is 10.2. The van der Waals surface area contributed by atoms with Crippen LogP contribution in [0.4, 0.5) is 0 Å². The molecule has 0 spiro atoms. The fourth-order valence-electron chi connectivity index (χ4n) is 1.39. The van der Waals surface area contributed by atoms with Gasteiger partial charge in [-0.3, -0.25) is 14.9 Å². The van der Waals surface area contributed by atoms with Gasteiger partial charge in [0.2, 0.25) is 11.8 Å². The van der Waals surface area contributed by atoms with Crippen molar-refractivity contribution in [3.63, 3.8) is 0 Å². The van der Waals surface area contributed by atoms with Gasteiger partial charge in [0.15, 0.2) is 0 Å². The number of carbonyl (C=O) groups excluding carboxylic acids is 2. The summed E-state index contributed by atoms with van der Waals surface area (Å²) >= 11 is 1.70. The molecule has 1 fully saturated rings. The van der Waals surface area contributed by atoms with Crippen molar-refractivity contribution in [2.24, 2.45) is 0 Å². The number of thioether (sulfide) groups is 1. The van der Waals surface area contributed by atoms with Crippen LogP contribution in [0.25, 0.3) is 0 Å². The SMILES string of the molecule is O=C1CNC(C(=O)NCCSCCCO)CN1. The van der Waals surface area contributed by atoms with Crippen LogP contribution in [-0.2, 0) is 9.59 Å². The Labute approximate surface area is 105 Å². The fourth-order valence-corrected chi connectivity index (χ4v) is 2.17. The highest BCUT2D eigenvalue weighted by Crippen LogP contribution is 2.00. The zero-order chi connectivity index (χ0) is 12.5. The molecule has 0 aliphatic carbocycles. The Morgan fingerprint density at radius 1 is 1.53 bits per heavy atom. The molecule has 17 heavy (non-hydrogen) atoms. The van der Waals surface area contributed by atoms with E-state index in [0.29, 0.717) is 13.1 Å². The van der Waals surface area contributed by atoms with E-state index in [4.69, 9.17) is 5.11 Å². The van der Waals surface area contributed by atoms with Crippen LogP contribution in [0, 0.1) is 0 Å². The average Bonchev–Trinajstić information content (AvgIpc) is 2.34. The van der Waals surface area contributed by atoms with E-state index in [-0.39, 0.29) is 31.0 Å². The van der Waals surface area contributed by atoms with E-state index in [1.165, 1.54) is 0 Å². The maximum absolute atomic E-state index is 11.6. The first-order valence-electron chi connectivity index (χ1n) is 5.70. The monoisotopic (exact) mass is 261 g/mol. The summed E-state index contributed by atoms with van der Waals surface area (Å²) < 4.78 is 0. The molecule has 1 heterocycles. The van der Waals surface area contributed by atoms with E-state index in [1.807, 2.05) is 0 Å².